The van der Waals surface area contributed by atoms with Gasteiger partial charge in [-0.15, -0.1) is 11.3 Å². The van der Waals surface area contributed by atoms with E-state index < -0.39 is 0 Å². The van der Waals surface area contributed by atoms with Crippen molar-refractivity contribution < 1.29 is 9.53 Å². The maximum atomic E-state index is 12.9. The number of carbonyl (C=O) groups is 1. The molecule has 0 unspecified atom stereocenters. The number of piperidine rings is 1. The lowest BCUT2D eigenvalue weighted by molar-refractivity contribution is 0.0585. The van der Waals surface area contributed by atoms with E-state index in [9.17, 15) is 4.79 Å². The molecule has 1 amide bonds. The van der Waals surface area contributed by atoms with E-state index in [0.717, 1.165) is 80.6 Å². The molecule has 2 saturated heterocycles. The molecule has 3 aromatic rings. The molecule has 8 heteroatoms. The summed E-state index contributed by atoms with van der Waals surface area (Å²) in [6.45, 7) is 6.37. The first-order valence-corrected chi connectivity index (χ1v) is 14.1. The third-order valence-electron chi connectivity index (χ3n) is 7.10. The van der Waals surface area contributed by atoms with Crippen molar-refractivity contribution in [3.63, 3.8) is 0 Å². The Kier molecular flexibility index (Phi) is 8.41. The molecule has 2 aliphatic rings. The number of carbonyl (C=O) groups excluding carboxylic acids is 1. The number of rotatable bonds is 8. The Balaban J connectivity index is 1.10. The van der Waals surface area contributed by atoms with E-state index in [1.54, 1.807) is 11.7 Å². The van der Waals surface area contributed by atoms with E-state index in [1.807, 2.05) is 29.2 Å². The van der Waals surface area contributed by atoms with Crippen LogP contribution in [0.15, 0.2) is 60.2 Å². The first-order chi connectivity index (χ1) is 17.7. The third kappa shape index (κ3) is 6.38. The molecule has 0 radical (unpaired) electrons. The molecule has 36 heavy (non-hydrogen) atoms. The predicted molar refractivity (Wildman–Crippen MR) is 146 cm³/mol. The van der Waals surface area contributed by atoms with Gasteiger partial charge in [-0.25, -0.2) is 0 Å². The van der Waals surface area contributed by atoms with Crippen molar-refractivity contribution in [3.8, 4) is 5.75 Å². The predicted octanol–water partition coefficient (Wildman–Crippen LogP) is 5.58. The molecule has 0 spiro atoms. The van der Waals surface area contributed by atoms with Crippen LogP contribution in [0, 0.1) is 0 Å². The van der Waals surface area contributed by atoms with Crippen molar-refractivity contribution in [1.82, 2.24) is 14.8 Å². The zero-order chi connectivity index (χ0) is 24.7. The Morgan fingerprint density at radius 3 is 2.72 bits per heavy atom. The van der Waals surface area contributed by atoms with Crippen LogP contribution in [0.25, 0.3) is 0 Å². The summed E-state index contributed by atoms with van der Waals surface area (Å²) in [6.07, 6.45) is 5.79. The maximum Gasteiger partial charge on any atom is 0.265 e. The van der Waals surface area contributed by atoms with Crippen LogP contribution in [0.2, 0.25) is 5.02 Å². The molecular formula is C28H33ClN4O2S. The van der Waals surface area contributed by atoms with Gasteiger partial charge in [-0.1, -0.05) is 29.8 Å². The van der Waals surface area contributed by atoms with E-state index in [4.69, 9.17) is 16.3 Å². The average Bonchev–Trinajstić information content (AvgIpc) is 3.45. The molecule has 1 aromatic heterocycles. The molecule has 190 valence electrons. The fraction of sp³-hybridized carbons (Fsp3) is 0.429. The van der Waals surface area contributed by atoms with Gasteiger partial charge in [0.1, 0.15) is 10.6 Å². The Bertz CT molecular complexity index is 1130. The van der Waals surface area contributed by atoms with Crippen LogP contribution in [0.5, 0.6) is 5.75 Å². The molecule has 0 aliphatic carbocycles. The van der Waals surface area contributed by atoms with Gasteiger partial charge in [-0.2, -0.15) is 0 Å². The number of ether oxygens (including phenoxy) is 1. The summed E-state index contributed by atoms with van der Waals surface area (Å²) >= 11 is 7.59. The highest BCUT2D eigenvalue weighted by Crippen LogP contribution is 2.25. The number of benzene rings is 2. The number of amides is 1. The second-order valence-electron chi connectivity index (χ2n) is 9.54. The van der Waals surface area contributed by atoms with Gasteiger partial charge in [-0.3, -0.25) is 14.7 Å². The number of thiazole rings is 1. The van der Waals surface area contributed by atoms with E-state index in [2.05, 4.69) is 39.0 Å². The number of nitrogens with zero attached hydrogens (tertiary/aromatic N) is 4. The highest BCUT2D eigenvalue weighted by molar-refractivity contribution is 7.11. The Morgan fingerprint density at radius 1 is 1.06 bits per heavy atom. The summed E-state index contributed by atoms with van der Waals surface area (Å²) in [5.41, 5.74) is 4.19. The van der Waals surface area contributed by atoms with E-state index in [-0.39, 0.29) is 11.9 Å². The third-order valence-corrected chi connectivity index (χ3v) is 8.10. The normalized spacial score (nSPS) is 18.9. The molecular weight excluding hydrogens is 492 g/mol. The Labute approximate surface area is 222 Å². The second-order valence-corrected chi connectivity index (χ2v) is 10.9. The SMILES string of the molecule is O=C(c1cncs1)N1CCCC[C@@H]1CCOc1cccc(CN2CCN(c3cccc(Cl)c3)CC2)c1. The minimum atomic E-state index is 0.111. The number of anilines is 1. The fourth-order valence-corrected chi connectivity index (χ4v) is 5.93. The van der Waals surface area contributed by atoms with Crippen molar-refractivity contribution in [2.24, 2.45) is 0 Å². The lowest BCUT2D eigenvalue weighted by Gasteiger charge is -2.36. The summed E-state index contributed by atoms with van der Waals surface area (Å²) in [4.78, 5) is 24.6. The number of piperazine rings is 1. The second kappa shape index (κ2) is 12.1. The van der Waals surface area contributed by atoms with Gasteiger partial charge in [0.15, 0.2) is 0 Å². The van der Waals surface area contributed by atoms with Crippen LogP contribution in [-0.4, -0.2) is 66.1 Å². The molecule has 1 atom stereocenters. The van der Waals surface area contributed by atoms with Crippen molar-refractivity contribution in [1.29, 1.82) is 0 Å². The summed E-state index contributed by atoms with van der Waals surface area (Å²) < 4.78 is 6.16. The monoisotopic (exact) mass is 524 g/mol. The van der Waals surface area contributed by atoms with E-state index in [0.29, 0.717) is 6.61 Å². The lowest BCUT2D eigenvalue weighted by Crippen LogP contribution is -2.45. The Hall–Kier alpha value is -2.61. The van der Waals surface area contributed by atoms with Gasteiger partial charge in [0.25, 0.3) is 5.91 Å². The topological polar surface area (TPSA) is 48.9 Å². The van der Waals surface area contributed by atoms with Crippen molar-refractivity contribution in [3.05, 3.63) is 75.7 Å². The number of hydrogen-bond donors (Lipinski definition) is 0. The van der Waals surface area contributed by atoms with Gasteiger partial charge in [0, 0.05) is 62.4 Å². The van der Waals surface area contributed by atoms with Crippen LogP contribution >= 0.6 is 22.9 Å². The zero-order valence-electron chi connectivity index (χ0n) is 20.5. The first-order valence-electron chi connectivity index (χ1n) is 12.8. The quantitative estimate of drug-likeness (QED) is 0.385. The van der Waals surface area contributed by atoms with Gasteiger partial charge in [-0.05, 0) is 55.2 Å². The summed E-state index contributed by atoms with van der Waals surface area (Å²) in [5.74, 6) is 1.01. The van der Waals surface area contributed by atoms with Crippen molar-refractivity contribution in [2.45, 2.75) is 38.3 Å². The van der Waals surface area contributed by atoms with Crippen LogP contribution < -0.4 is 9.64 Å². The fourth-order valence-electron chi connectivity index (χ4n) is 5.17. The molecule has 0 saturated carbocycles. The molecule has 3 heterocycles. The zero-order valence-corrected chi connectivity index (χ0v) is 22.1. The van der Waals surface area contributed by atoms with Gasteiger partial charge in [0.05, 0.1) is 18.3 Å². The lowest BCUT2D eigenvalue weighted by atomic mass is 9.99. The molecule has 5 rings (SSSR count). The molecule has 2 fully saturated rings. The first kappa shape index (κ1) is 25.1. The highest BCUT2D eigenvalue weighted by atomic mass is 35.5. The highest BCUT2D eigenvalue weighted by Gasteiger charge is 2.28. The van der Waals surface area contributed by atoms with Crippen LogP contribution in [0.3, 0.4) is 0 Å². The number of hydrogen-bond acceptors (Lipinski definition) is 6. The summed E-state index contributed by atoms with van der Waals surface area (Å²) in [5, 5.41) is 0.786. The maximum absolute atomic E-state index is 12.9. The molecule has 2 aliphatic heterocycles. The van der Waals surface area contributed by atoms with Crippen LogP contribution in [0.4, 0.5) is 5.69 Å². The van der Waals surface area contributed by atoms with Crippen molar-refractivity contribution >= 4 is 34.5 Å². The summed E-state index contributed by atoms with van der Waals surface area (Å²) in [6, 6.07) is 16.8. The average molecular weight is 525 g/mol. The molecule has 0 bridgehead atoms. The minimum absolute atomic E-state index is 0.111. The van der Waals surface area contributed by atoms with Crippen LogP contribution in [-0.2, 0) is 6.54 Å². The van der Waals surface area contributed by atoms with E-state index >= 15 is 0 Å². The van der Waals surface area contributed by atoms with Gasteiger partial charge < -0.3 is 14.5 Å². The minimum Gasteiger partial charge on any atom is -0.494 e. The van der Waals surface area contributed by atoms with Gasteiger partial charge >= 0.3 is 0 Å². The molecule has 2 aromatic carbocycles. The van der Waals surface area contributed by atoms with Crippen molar-refractivity contribution in [2.75, 3.05) is 44.2 Å². The number of likely N-dealkylation sites (tertiary alicyclic amines) is 1. The van der Waals surface area contributed by atoms with E-state index in [1.165, 1.54) is 22.6 Å². The number of aromatic nitrogens is 1. The smallest absolute Gasteiger partial charge is 0.265 e. The van der Waals surface area contributed by atoms with Gasteiger partial charge in [0.2, 0.25) is 0 Å². The number of halogens is 1. The standard InChI is InChI=1S/C28H33ClN4O2S/c29-23-6-4-8-25(18-23)32-14-12-31(13-15-32)20-22-5-3-9-26(17-22)35-16-10-24-7-1-2-11-33(24)28(34)27-19-30-21-36-27/h3-6,8-9,17-19,21,24H,1-2,7,10-16,20H2/t24-/m1/s1. The Morgan fingerprint density at radius 2 is 1.92 bits per heavy atom. The van der Waals surface area contributed by atoms with Crippen LogP contribution in [0.1, 0.15) is 40.9 Å². The largest absolute Gasteiger partial charge is 0.494 e. The molecule has 0 N–H and O–H groups in total. The summed E-state index contributed by atoms with van der Waals surface area (Å²) in [7, 11) is 0. The molecule has 6 nitrogen and oxygen atoms in total.